The second-order valence-corrected chi connectivity index (χ2v) is 9.98. The van der Waals surface area contributed by atoms with Gasteiger partial charge in [0.15, 0.2) is 0 Å². The maximum atomic E-state index is 13.0. The van der Waals surface area contributed by atoms with Gasteiger partial charge in [0.1, 0.15) is 0 Å². The first-order valence-electron chi connectivity index (χ1n) is 10.4. The maximum absolute atomic E-state index is 13.0. The molecule has 2 aromatic carbocycles. The van der Waals surface area contributed by atoms with E-state index in [4.69, 9.17) is 0 Å². The summed E-state index contributed by atoms with van der Waals surface area (Å²) < 4.78 is 65.7. The van der Waals surface area contributed by atoms with E-state index in [1.54, 1.807) is 0 Å². The van der Waals surface area contributed by atoms with Crippen LogP contribution in [0.1, 0.15) is 16.7 Å². The fraction of sp³-hybridized carbons (Fsp3) is 0.409. The van der Waals surface area contributed by atoms with Gasteiger partial charge in [0.05, 0.1) is 17.0 Å². The van der Waals surface area contributed by atoms with Crippen molar-refractivity contribution < 1.29 is 26.4 Å². The summed E-state index contributed by atoms with van der Waals surface area (Å²) in [4.78, 5) is 16.1. The lowest BCUT2D eigenvalue weighted by atomic mass is 10.00. The van der Waals surface area contributed by atoms with Gasteiger partial charge in [-0.25, -0.2) is 8.42 Å². The van der Waals surface area contributed by atoms with Gasteiger partial charge in [-0.15, -0.1) is 0 Å². The molecule has 0 radical (unpaired) electrons. The number of piperazine rings is 1. The van der Waals surface area contributed by atoms with E-state index in [-0.39, 0.29) is 30.4 Å². The minimum absolute atomic E-state index is 0.00584. The van der Waals surface area contributed by atoms with Crippen LogP contribution in [-0.2, 0) is 34.0 Å². The molecule has 1 amide bonds. The monoisotopic (exact) mass is 467 g/mol. The molecule has 0 N–H and O–H groups in total. The fourth-order valence-electron chi connectivity index (χ4n) is 4.11. The van der Waals surface area contributed by atoms with Gasteiger partial charge >= 0.3 is 6.18 Å². The molecule has 172 valence electrons. The predicted molar refractivity (Wildman–Crippen MR) is 112 cm³/mol. The van der Waals surface area contributed by atoms with E-state index in [1.807, 2.05) is 28.0 Å². The average Bonchev–Trinajstić information content (AvgIpc) is 2.78. The maximum Gasteiger partial charge on any atom is 0.416 e. The summed E-state index contributed by atoms with van der Waals surface area (Å²) >= 11 is 0. The number of amides is 1. The van der Waals surface area contributed by atoms with Crippen molar-refractivity contribution in [2.24, 2.45) is 0 Å². The van der Waals surface area contributed by atoms with Gasteiger partial charge < -0.3 is 4.90 Å². The van der Waals surface area contributed by atoms with Crippen LogP contribution in [0.4, 0.5) is 13.2 Å². The van der Waals surface area contributed by atoms with Crippen molar-refractivity contribution in [2.45, 2.75) is 24.0 Å². The second-order valence-electron chi connectivity index (χ2n) is 8.04. The molecule has 1 saturated heterocycles. The molecule has 0 aromatic heterocycles. The molecule has 4 rings (SSSR count). The number of carbonyl (C=O) groups excluding carboxylic acids is 1. The zero-order valence-electron chi connectivity index (χ0n) is 17.4. The summed E-state index contributed by atoms with van der Waals surface area (Å²) in [5, 5.41) is 0. The molecule has 2 aliphatic heterocycles. The third kappa shape index (κ3) is 4.82. The van der Waals surface area contributed by atoms with Crippen molar-refractivity contribution in [1.29, 1.82) is 0 Å². The molecule has 1 fully saturated rings. The molecule has 0 saturated carbocycles. The van der Waals surface area contributed by atoms with Crippen LogP contribution in [0.25, 0.3) is 0 Å². The Morgan fingerprint density at radius 2 is 1.59 bits per heavy atom. The van der Waals surface area contributed by atoms with E-state index in [2.05, 4.69) is 6.07 Å². The SMILES string of the molecule is O=C(CN1CCN(S(=O)(=O)c2cccc(C(F)(F)F)c2)CC1)N1CCc2ccccc2C1. The lowest BCUT2D eigenvalue weighted by Gasteiger charge is -2.35. The largest absolute Gasteiger partial charge is 0.416 e. The normalized spacial score (nSPS) is 18.4. The molecule has 0 spiro atoms. The number of carbonyl (C=O) groups is 1. The molecule has 0 atom stereocenters. The smallest absolute Gasteiger partial charge is 0.337 e. The van der Waals surface area contributed by atoms with Gasteiger partial charge in [-0.1, -0.05) is 30.3 Å². The molecular weight excluding hydrogens is 443 g/mol. The van der Waals surface area contributed by atoms with Crippen LogP contribution in [0, 0.1) is 0 Å². The van der Waals surface area contributed by atoms with Crippen LogP contribution in [0.5, 0.6) is 0 Å². The van der Waals surface area contributed by atoms with Crippen LogP contribution < -0.4 is 0 Å². The second kappa shape index (κ2) is 8.84. The van der Waals surface area contributed by atoms with Gasteiger partial charge in [0, 0.05) is 39.3 Å². The molecule has 2 aromatic rings. The van der Waals surface area contributed by atoms with E-state index in [1.165, 1.54) is 15.9 Å². The van der Waals surface area contributed by atoms with Crippen molar-refractivity contribution >= 4 is 15.9 Å². The quantitative estimate of drug-likeness (QED) is 0.694. The topological polar surface area (TPSA) is 60.9 Å². The number of sulfonamides is 1. The molecule has 6 nitrogen and oxygen atoms in total. The Bertz CT molecular complexity index is 1100. The molecule has 0 aliphatic carbocycles. The van der Waals surface area contributed by atoms with E-state index in [0.29, 0.717) is 32.2 Å². The molecule has 10 heteroatoms. The van der Waals surface area contributed by atoms with Crippen LogP contribution in [-0.4, -0.2) is 67.7 Å². The standard InChI is InChI=1S/C22H24F3N3O3S/c23-22(24,25)19-6-3-7-20(14-19)32(30,31)28-12-10-26(11-13-28)16-21(29)27-9-8-17-4-1-2-5-18(17)15-27/h1-7,14H,8-13,15-16H2. The Morgan fingerprint density at radius 1 is 0.906 bits per heavy atom. The van der Waals surface area contributed by atoms with Crippen LogP contribution in [0.15, 0.2) is 53.4 Å². The minimum atomic E-state index is -4.61. The Balaban J connectivity index is 1.35. The molecule has 0 bridgehead atoms. The summed E-state index contributed by atoms with van der Waals surface area (Å²) in [5.74, 6) is -0.00584. The molecule has 32 heavy (non-hydrogen) atoms. The Morgan fingerprint density at radius 3 is 2.28 bits per heavy atom. The zero-order chi connectivity index (χ0) is 22.9. The Hall–Kier alpha value is -2.43. The van der Waals surface area contributed by atoms with Crippen molar-refractivity contribution in [2.75, 3.05) is 39.3 Å². The number of fused-ring (bicyclic) bond motifs is 1. The van der Waals surface area contributed by atoms with Gasteiger partial charge in [-0.2, -0.15) is 17.5 Å². The fourth-order valence-corrected chi connectivity index (χ4v) is 5.58. The van der Waals surface area contributed by atoms with Crippen molar-refractivity contribution in [3.05, 3.63) is 65.2 Å². The van der Waals surface area contributed by atoms with E-state index in [9.17, 15) is 26.4 Å². The predicted octanol–water partition coefficient (Wildman–Crippen LogP) is 2.60. The van der Waals surface area contributed by atoms with Gasteiger partial charge in [0.2, 0.25) is 15.9 Å². The highest BCUT2D eigenvalue weighted by molar-refractivity contribution is 7.89. The third-order valence-electron chi connectivity index (χ3n) is 5.97. The third-order valence-corrected chi connectivity index (χ3v) is 7.87. The van der Waals surface area contributed by atoms with Crippen LogP contribution in [0.2, 0.25) is 0 Å². The highest BCUT2D eigenvalue weighted by atomic mass is 32.2. The molecule has 2 aliphatic rings. The first kappa shape index (κ1) is 22.8. The average molecular weight is 468 g/mol. The van der Waals surface area contributed by atoms with Crippen molar-refractivity contribution in [3.63, 3.8) is 0 Å². The summed E-state index contributed by atoms with van der Waals surface area (Å²) in [6, 6.07) is 11.8. The lowest BCUT2D eigenvalue weighted by molar-refractivity contribution is -0.137. The highest BCUT2D eigenvalue weighted by Crippen LogP contribution is 2.31. The highest BCUT2D eigenvalue weighted by Gasteiger charge is 2.34. The van der Waals surface area contributed by atoms with Crippen molar-refractivity contribution in [3.8, 4) is 0 Å². The zero-order valence-corrected chi connectivity index (χ0v) is 18.2. The number of hydrogen-bond donors (Lipinski definition) is 0. The van der Waals surface area contributed by atoms with Crippen LogP contribution >= 0.6 is 0 Å². The number of alkyl halides is 3. The summed E-state index contributed by atoms with van der Waals surface area (Å²) in [6.45, 7) is 2.34. The first-order valence-corrected chi connectivity index (χ1v) is 11.8. The Kier molecular flexibility index (Phi) is 6.28. The van der Waals surface area contributed by atoms with Gasteiger partial charge in [-0.3, -0.25) is 9.69 Å². The number of benzene rings is 2. The summed E-state index contributed by atoms with van der Waals surface area (Å²) in [7, 11) is -4.04. The summed E-state index contributed by atoms with van der Waals surface area (Å²) in [5.41, 5.74) is 1.40. The molecular formula is C22H24F3N3O3S. The van der Waals surface area contributed by atoms with Crippen LogP contribution in [0.3, 0.4) is 0 Å². The van der Waals surface area contributed by atoms with Gasteiger partial charge in [-0.05, 0) is 35.7 Å². The first-order chi connectivity index (χ1) is 15.1. The van der Waals surface area contributed by atoms with E-state index >= 15 is 0 Å². The summed E-state index contributed by atoms with van der Waals surface area (Å²) in [6.07, 6.45) is -3.80. The van der Waals surface area contributed by atoms with Gasteiger partial charge in [0.25, 0.3) is 0 Å². The Labute approximate surface area is 185 Å². The number of hydrogen-bond acceptors (Lipinski definition) is 4. The molecule has 2 heterocycles. The number of rotatable bonds is 4. The van der Waals surface area contributed by atoms with Crippen molar-refractivity contribution in [1.82, 2.24) is 14.1 Å². The number of halogens is 3. The lowest BCUT2D eigenvalue weighted by Crippen LogP contribution is -2.51. The van der Waals surface area contributed by atoms with E-state index in [0.717, 1.165) is 24.1 Å². The number of nitrogens with zero attached hydrogens (tertiary/aromatic N) is 3. The molecule has 0 unspecified atom stereocenters. The van der Waals surface area contributed by atoms with E-state index < -0.39 is 21.8 Å². The minimum Gasteiger partial charge on any atom is -0.337 e.